The van der Waals surface area contributed by atoms with Crippen LogP contribution in [0.3, 0.4) is 0 Å². The van der Waals surface area contributed by atoms with Crippen LogP contribution in [0.4, 0.5) is 0 Å². The highest BCUT2D eigenvalue weighted by molar-refractivity contribution is 5.93. The zero-order valence-corrected chi connectivity index (χ0v) is 16.8. The van der Waals surface area contributed by atoms with E-state index < -0.39 is 30.0 Å². The topological polar surface area (TPSA) is 104 Å². The minimum Gasteiger partial charge on any atom is -0.481 e. The van der Waals surface area contributed by atoms with Crippen LogP contribution in [-0.2, 0) is 14.4 Å². The maximum atomic E-state index is 13.1. The Kier molecular flexibility index (Phi) is 9.16. The smallest absolute Gasteiger partial charge is 0.307 e. The predicted octanol–water partition coefficient (Wildman–Crippen LogP) is 3.23. The van der Waals surface area contributed by atoms with Crippen LogP contribution >= 0.6 is 0 Å². The lowest BCUT2D eigenvalue weighted by Crippen LogP contribution is -2.45. The highest BCUT2D eigenvalue weighted by Crippen LogP contribution is 2.34. The molecule has 0 saturated heterocycles. The maximum Gasteiger partial charge on any atom is 0.307 e. The van der Waals surface area contributed by atoms with E-state index in [4.69, 9.17) is 0 Å². The average Bonchev–Trinajstić information content (AvgIpc) is 3.29. The maximum absolute atomic E-state index is 13.1. The molecule has 2 saturated carbocycles. The average molecular weight is 394 g/mol. The molecule has 0 radical (unpaired) electrons. The van der Waals surface area contributed by atoms with Crippen molar-refractivity contribution in [3.8, 4) is 0 Å². The first-order valence-corrected chi connectivity index (χ1v) is 10.8. The molecule has 6 nitrogen and oxygen atoms in total. The van der Waals surface area contributed by atoms with E-state index in [0.717, 1.165) is 51.4 Å². The van der Waals surface area contributed by atoms with Crippen LogP contribution in [0.25, 0.3) is 0 Å². The molecule has 1 amide bonds. The molecule has 1 unspecified atom stereocenters. The van der Waals surface area contributed by atoms with Crippen LogP contribution in [0.1, 0.15) is 77.0 Å². The summed E-state index contributed by atoms with van der Waals surface area (Å²) in [7, 11) is 0. The number of Topliss-reactive ketones (excluding diaryl/α,β-unsaturated/α-hetero) is 1. The third-order valence-electron chi connectivity index (χ3n) is 6.25. The quantitative estimate of drug-likeness (QED) is 0.349. The Morgan fingerprint density at radius 1 is 1.07 bits per heavy atom. The second kappa shape index (κ2) is 11.3. The van der Waals surface area contributed by atoms with Gasteiger partial charge in [-0.1, -0.05) is 31.8 Å². The van der Waals surface area contributed by atoms with E-state index in [0.29, 0.717) is 18.8 Å². The Morgan fingerprint density at radius 2 is 1.75 bits per heavy atom. The molecular weight excluding hydrogens is 358 g/mol. The van der Waals surface area contributed by atoms with Gasteiger partial charge in [-0.2, -0.15) is 0 Å². The van der Waals surface area contributed by atoms with Crippen molar-refractivity contribution in [1.29, 1.82) is 0 Å². The van der Waals surface area contributed by atoms with Crippen LogP contribution in [0.2, 0.25) is 0 Å². The number of hydrogen-bond acceptors (Lipinski definition) is 4. The summed E-state index contributed by atoms with van der Waals surface area (Å²) in [5.74, 6) is -2.58. The summed E-state index contributed by atoms with van der Waals surface area (Å²) in [5.41, 5.74) is 0. The fourth-order valence-electron chi connectivity index (χ4n) is 4.69. The van der Waals surface area contributed by atoms with Crippen molar-refractivity contribution in [3.05, 3.63) is 12.7 Å². The Bertz CT molecular complexity index is 555. The molecule has 0 aromatic rings. The van der Waals surface area contributed by atoms with E-state index in [1.165, 1.54) is 0 Å². The van der Waals surface area contributed by atoms with Gasteiger partial charge in [-0.15, -0.1) is 6.58 Å². The molecule has 0 aromatic carbocycles. The molecule has 2 aliphatic carbocycles. The van der Waals surface area contributed by atoms with Gasteiger partial charge in [0.25, 0.3) is 0 Å². The summed E-state index contributed by atoms with van der Waals surface area (Å²) in [6, 6.07) is -0.658. The molecule has 158 valence electrons. The SMILES string of the molecule is C=CCCCCC[C@H](NC(=O)CC1CCCC1)C(=O)C1C[C@@H](O)C[C@H]1C(=O)O. The number of rotatable bonds is 12. The molecule has 3 N–H and O–H groups in total. The van der Waals surface area contributed by atoms with Crippen molar-refractivity contribution >= 4 is 17.7 Å². The van der Waals surface area contributed by atoms with Gasteiger partial charge in [0.1, 0.15) is 0 Å². The summed E-state index contributed by atoms with van der Waals surface area (Å²) in [5, 5.41) is 22.2. The van der Waals surface area contributed by atoms with Gasteiger partial charge >= 0.3 is 5.97 Å². The van der Waals surface area contributed by atoms with Crippen LogP contribution in [0.5, 0.6) is 0 Å². The monoisotopic (exact) mass is 393 g/mol. The number of aliphatic carboxylic acids is 1. The molecule has 0 aromatic heterocycles. The molecule has 28 heavy (non-hydrogen) atoms. The van der Waals surface area contributed by atoms with Crippen molar-refractivity contribution in [1.82, 2.24) is 5.32 Å². The summed E-state index contributed by atoms with van der Waals surface area (Å²) >= 11 is 0. The molecule has 0 spiro atoms. The van der Waals surface area contributed by atoms with Crippen LogP contribution in [-0.4, -0.2) is 40.0 Å². The number of allylic oxidation sites excluding steroid dienone is 1. The molecule has 0 heterocycles. The van der Waals surface area contributed by atoms with Crippen molar-refractivity contribution in [2.75, 3.05) is 0 Å². The summed E-state index contributed by atoms with van der Waals surface area (Å²) in [6.45, 7) is 3.70. The van der Waals surface area contributed by atoms with E-state index in [1.807, 2.05) is 6.08 Å². The number of amides is 1. The third-order valence-corrected chi connectivity index (χ3v) is 6.25. The van der Waals surface area contributed by atoms with Crippen LogP contribution in [0.15, 0.2) is 12.7 Å². The van der Waals surface area contributed by atoms with Gasteiger partial charge in [-0.05, 0) is 50.9 Å². The lowest BCUT2D eigenvalue weighted by atomic mass is 9.86. The number of aliphatic hydroxyl groups is 1. The number of ketones is 1. The molecule has 0 aliphatic heterocycles. The minimum absolute atomic E-state index is 0.105. The standard InChI is InChI=1S/C22H35NO5/c1-2-3-4-5-6-11-19(23-20(25)12-15-9-7-8-10-15)21(26)17-13-16(24)14-18(17)22(27)28/h2,15-19,24H,1,3-14H2,(H,23,25)(H,27,28)/t16-,17?,18-,19+/m1/s1. The Hall–Kier alpha value is -1.69. The number of carbonyl (C=O) groups is 3. The summed E-state index contributed by atoms with van der Waals surface area (Å²) in [6.07, 6.45) is 10.4. The van der Waals surface area contributed by atoms with Gasteiger partial charge in [0.2, 0.25) is 5.91 Å². The normalized spacial score (nSPS) is 26.1. The van der Waals surface area contributed by atoms with Gasteiger partial charge in [0.05, 0.1) is 18.1 Å². The lowest BCUT2D eigenvalue weighted by Gasteiger charge is -2.24. The molecule has 2 fully saturated rings. The first kappa shape index (κ1) is 22.6. The van der Waals surface area contributed by atoms with Gasteiger partial charge in [0, 0.05) is 12.3 Å². The van der Waals surface area contributed by atoms with E-state index in [2.05, 4.69) is 11.9 Å². The number of carboxylic acid groups (broad SMARTS) is 1. The fraction of sp³-hybridized carbons (Fsp3) is 0.773. The Balaban J connectivity index is 1.98. The minimum atomic E-state index is -1.04. The lowest BCUT2D eigenvalue weighted by molar-refractivity contribution is -0.146. The summed E-state index contributed by atoms with van der Waals surface area (Å²) in [4.78, 5) is 37.1. The van der Waals surface area contributed by atoms with E-state index in [1.54, 1.807) is 0 Å². The van der Waals surface area contributed by atoms with Crippen LogP contribution in [0, 0.1) is 17.8 Å². The predicted molar refractivity (Wildman–Crippen MR) is 107 cm³/mol. The molecule has 0 bridgehead atoms. The molecule has 2 aliphatic rings. The van der Waals surface area contributed by atoms with Gasteiger partial charge in [-0.25, -0.2) is 0 Å². The number of hydrogen-bond donors (Lipinski definition) is 3. The van der Waals surface area contributed by atoms with E-state index >= 15 is 0 Å². The molecule has 6 heteroatoms. The molecule has 4 atom stereocenters. The highest BCUT2D eigenvalue weighted by Gasteiger charge is 2.44. The second-order valence-electron chi connectivity index (χ2n) is 8.48. The largest absolute Gasteiger partial charge is 0.481 e. The van der Waals surface area contributed by atoms with Crippen molar-refractivity contribution in [2.45, 2.75) is 89.2 Å². The fourth-order valence-corrected chi connectivity index (χ4v) is 4.69. The highest BCUT2D eigenvalue weighted by atomic mass is 16.4. The Labute approximate surface area is 167 Å². The third kappa shape index (κ3) is 6.73. The Morgan fingerprint density at radius 3 is 2.39 bits per heavy atom. The number of unbranched alkanes of at least 4 members (excludes halogenated alkanes) is 3. The zero-order chi connectivity index (χ0) is 20.5. The van der Waals surface area contributed by atoms with E-state index in [-0.39, 0.29) is 24.5 Å². The van der Waals surface area contributed by atoms with Gasteiger partial charge in [0.15, 0.2) is 5.78 Å². The summed E-state index contributed by atoms with van der Waals surface area (Å²) < 4.78 is 0. The second-order valence-corrected chi connectivity index (χ2v) is 8.48. The number of carboxylic acids is 1. The first-order valence-electron chi connectivity index (χ1n) is 10.8. The van der Waals surface area contributed by atoms with Crippen molar-refractivity contribution in [2.24, 2.45) is 17.8 Å². The number of carbonyl (C=O) groups excluding carboxylic acids is 2. The molecular formula is C22H35NO5. The molecule has 2 rings (SSSR count). The van der Waals surface area contributed by atoms with Gasteiger partial charge in [-0.3, -0.25) is 14.4 Å². The van der Waals surface area contributed by atoms with E-state index in [9.17, 15) is 24.6 Å². The first-order chi connectivity index (χ1) is 13.4. The number of nitrogens with one attached hydrogen (secondary N) is 1. The zero-order valence-electron chi connectivity index (χ0n) is 16.8. The number of aliphatic hydroxyl groups excluding tert-OH is 1. The van der Waals surface area contributed by atoms with Crippen molar-refractivity contribution in [3.63, 3.8) is 0 Å². The van der Waals surface area contributed by atoms with Crippen molar-refractivity contribution < 1.29 is 24.6 Å². The van der Waals surface area contributed by atoms with Crippen LogP contribution < -0.4 is 5.32 Å². The van der Waals surface area contributed by atoms with Gasteiger partial charge < -0.3 is 15.5 Å².